The van der Waals surface area contributed by atoms with E-state index in [1.165, 1.54) is 6.07 Å². The Morgan fingerprint density at radius 3 is 2.17 bits per heavy atom. The van der Waals surface area contributed by atoms with Crippen LogP contribution >= 0.6 is 0 Å². The third kappa shape index (κ3) is 4.17. The Labute approximate surface area is 166 Å². The van der Waals surface area contributed by atoms with E-state index in [-0.39, 0.29) is 12.4 Å². The number of carbonyl (C=O) groups is 1. The third-order valence-electron chi connectivity index (χ3n) is 3.89. The van der Waals surface area contributed by atoms with Crippen LogP contribution < -0.4 is 5.43 Å². The van der Waals surface area contributed by atoms with Crippen LogP contribution in [0.5, 0.6) is 0 Å². The van der Waals surface area contributed by atoms with Gasteiger partial charge in [-0.2, -0.15) is 5.10 Å². The van der Waals surface area contributed by atoms with Gasteiger partial charge in [0.1, 0.15) is 17.2 Å². The predicted molar refractivity (Wildman–Crippen MR) is 97.5 cm³/mol. The first-order valence-electron chi connectivity index (χ1n) is 8.51. The zero-order valence-electron chi connectivity index (χ0n) is 15.3. The van der Waals surface area contributed by atoms with Crippen molar-refractivity contribution in [2.24, 2.45) is 5.10 Å². The molecule has 10 heteroatoms. The Bertz CT molecular complexity index is 1080. The molecule has 0 aliphatic carbocycles. The van der Waals surface area contributed by atoms with Crippen LogP contribution in [0.25, 0.3) is 11.3 Å². The lowest BCUT2D eigenvalue weighted by Crippen LogP contribution is -2.06. The summed E-state index contributed by atoms with van der Waals surface area (Å²) in [6.07, 6.45) is 0.995. The number of esters is 1. The van der Waals surface area contributed by atoms with Gasteiger partial charge in [-0.15, -0.1) is 0 Å². The Morgan fingerprint density at radius 2 is 1.57 bits per heavy atom. The van der Waals surface area contributed by atoms with Gasteiger partial charge in [0.25, 0.3) is 0 Å². The fourth-order valence-corrected chi connectivity index (χ4v) is 2.43. The van der Waals surface area contributed by atoms with Gasteiger partial charge in [-0.05, 0) is 31.2 Å². The van der Waals surface area contributed by atoms with E-state index in [1.807, 2.05) is 0 Å². The second-order valence-electron chi connectivity index (χ2n) is 5.81. The number of ether oxygens (including phenoxy) is 1. The van der Waals surface area contributed by atoms with Crippen molar-refractivity contribution in [3.8, 4) is 11.3 Å². The molecular weight excluding hydrogens is 411 g/mol. The van der Waals surface area contributed by atoms with E-state index >= 15 is 0 Å². The number of nitrogens with zero attached hydrogens (tertiary/aromatic N) is 1. The summed E-state index contributed by atoms with van der Waals surface area (Å²) in [5.41, 5.74) is 1.48. The Kier molecular flexibility index (Phi) is 6.14. The molecule has 1 heterocycles. The molecule has 3 aromatic rings. The van der Waals surface area contributed by atoms with E-state index in [0.717, 1.165) is 6.21 Å². The Hall–Kier alpha value is -3.69. The Balaban J connectivity index is 1.74. The largest absolute Gasteiger partial charge is 0.462 e. The summed E-state index contributed by atoms with van der Waals surface area (Å²) in [6, 6.07) is 9.39. The van der Waals surface area contributed by atoms with Gasteiger partial charge in [0, 0.05) is 5.56 Å². The highest BCUT2D eigenvalue weighted by molar-refractivity contribution is 5.90. The standard InChI is InChI=1S/C20H13F5N2O3/c1-2-29-20(28)11-5-3-10(4-6-11)13-8-7-12(30-13)9-26-27-19-17(24)15(22)14(21)16(23)18(19)25/h3-9,27H,2H2,1H3. The Morgan fingerprint density at radius 1 is 0.967 bits per heavy atom. The van der Waals surface area contributed by atoms with Gasteiger partial charge >= 0.3 is 5.97 Å². The molecule has 0 atom stereocenters. The van der Waals surface area contributed by atoms with Gasteiger partial charge in [-0.1, -0.05) is 12.1 Å². The molecule has 1 aromatic heterocycles. The summed E-state index contributed by atoms with van der Waals surface area (Å²) < 4.78 is 76.9. The number of hydrogen-bond acceptors (Lipinski definition) is 5. The molecule has 0 aliphatic rings. The minimum absolute atomic E-state index is 0.135. The summed E-state index contributed by atoms with van der Waals surface area (Å²) in [5.74, 6) is -10.4. The number of carbonyl (C=O) groups excluding carboxylic acids is 1. The van der Waals surface area contributed by atoms with Crippen LogP contribution in [0, 0.1) is 29.1 Å². The zero-order valence-corrected chi connectivity index (χ0v) is 15.3. The molecule has 0 radical (unpaired) electrons. The average molecular weight is 424 g/mol. The number of rotatable bonds is 6. The molecule has 156 valence electrons. The van der Waals surface area contributed by atoms with Crippen LogP contribution in [0.3, 0.4) is 0 Å². The van der Waals surface area contributed by atoms with E-state index < -0.39 is 40.7 Å². The van der Waals surface area contributed by atoms with Crippen molar-refractivity contribution in [3.05, 3.63) is 76.8 Å². The number of anilines is 1. The van der Waals surface area contributed by atoms with E-state index in [9.17, 15) is 26.7 Å². The maximum absolute atomic E-state index is 13.6. The number of benzene rings is 2. The minimum Gasteiger partial charge on any atom is -0.462 e. The van der Waals surface area contributed by atoms with Gasteiger partial charge in [-0.3, -0.25) is 5.43 Å². The highest BCUT2D eigenvalue weighted by Crippen LogP contribution is 2.27. The van der Waals surface area contributed by atoms with Crippen molar-refractivity contribution < 1.29 is 35.9 Å². The zero-order chi connectivity index (χ0) is 21.8. The summed E-state index contributed by atoms with van der Waals surface area (Å²) in [7, 11) is 0. The molecular formula is C20H13F5N2O3. The molecule has 0 spiro atoms. The number of hydrogen-bond donors (Lipinski definition) is 1. The highest BCUT2D eigenvalue weighted by atomic mass is 19.2. The van der Waals surface area contributed by atoms with Crippen molar-refractivity contribution in [2.75, 3.05) is 12.0 Å². The maximum atomic E-state index is 13.6. The van der Waals surface area contributed by atoms with Gasteiger partial charge in [0.15, 0.2) is 23.3 Å². The van der Waals surface area contributed by atoms with Gasteiger partial charge in [-0.25, -0.2) is 26.7 Å². The SMILES string of the molecule is CCOC(=O)c1ccc(-c2ccc(C=NNc3c(F)c(F)c(F)c(F)c3F)o2)cc1. The first kappa shape index (κ1) is 21.0. The van der Waals surface area contributed by atoms with Gasteiger partial charge < -0.3 is 9.15 Å². The summed E-state index contributed by atoms with van der Waals surface area (Å²) in [5, 5.41) is 3.44. The highest BCUT2D eigenvalue weighted by Gasteiger charge is 2.25. The van der Waals surface area contributed by atoms with Crippen LogP contribution in [0.2, 0.25) is 0 Å². The topological polar surface area (TPSA) is 63.8 Å². The summed E-state index contributed by atoms with van der Waals surface area (Å²) in [6.45, 7) is 1.94. The van der Waals surface area contributed by atoms with E-state index in [1.54, 1.807) is 42.7 Å². The molecule has 1 N–H and O–H groups in total. The van der Waals surface area contributed by atoms with E-state index in [2.05, 4.69) is 5.10 Å². The lowest BCUT2D eigenvalue weighted by molar-refractivity contribution is 0.0526. The number of furan rings is 1. The smallest absolute Gasteiger partial charge is 0.338 e. The lowest BCUT2D eigenvalue weighted by atomic mass is 10.1. The molecule has 0 bridgehead atoms. The number of halogens is 5. The van der Waals surface area contributed by atoms with Crippen LogP contribution in [-0.2, 0) is 4.74 Å². The van der Waals surface area contributed by atoms with Crippen LogP contribution in [0.15, 0.2) is 45.9 Å². The summed E-state index contributed by atoms with van der Waals surface area (Å²) >= 11 is 0. The fourth-order valence-electron chi connectivity index (χ4n) is 2.43. The molecule has 2 aromatic carbocycles. The van der Waals surface area contributed by atoms with Gasteiger partial charge in [0.2, 0.25) is 5.82 Å². The van der Waals surface area contributed by atoms with E-state index in [0.29, 0.717) is 16.9 Å². The molecule has 0 amide bonds. The minimum atomic E-state index is -2.26. The van der Waals surface area contributed by atoms with Crippen molar-refractivity contribution in [1.29, 1.82) is 0 Å². The predicted octanol–water partition coefficient (Wildman–Crippen LogP) is 5.26. The van der Waals surface area contributed by atoms with Gasteiger partial charge in [0.05, 0.1) is 18.4 Å². The number of hydrazone groups is 1. The normalized spacial score (nSPS) is 11.1. The molecule has 0 saturated heterocycles. The summed E-state index contributed by atoms with van der Waals surface area (Å²) in [4.78, 5) is 11.6. The van der Waals surface area contributed by atoms with Crippen molar-refractivity contribution in [3.63, 3.8) is 0 Å². The average Bonchev–Trinajstić information content (AvgIpc) is 3.22. The van der Waals surface area contributed by atoms with Crippen molar-refractivity contribution >= 4 is 17.9 Å². The van der Waals surface area contributed by atoms with Crippen LogP contribution in [0.1, 0.15) is 23.0 Å². The second kappa shape index (κ2) is 8.76. The molecule has 3 rings (SSSR count). The van der Waals surface area contributed by atoms with Crippen molar-refractivity contribution in [2.45, 2.75) is 6.92 Å². The molecule has 5 nitrogen and oxygen atoms in total. The third-order valence-corrected chi connectivity index (χ3v) is 3.89. The molecule has 0 saturated carbocycles. The van der Waals surface area contributed by atoms with Crippen LogP contribution in [0.4, 0.5) is 27.6 Å². The number of nitrogens with one attached hydrogen (secondary N) is 1. The first-order valence-corrected chi connectivity index (χ1v) is 8.51. The lowest BCUT2D eigenvalue weighted by Gasteiger charge is -2.06. The van der Waals surface area contributed by atoms with Crippen molar-refractivity contribution in [1.82, 2.24) is 0 Å². The molecule has 0 unspecified atom stereocenters. The first-order chi connectivity index (χ1) is 14.3. The maximum Gasteiger partial charge on any atom is 0.338 e. The van der Waals surface area contributed by atoms with Crippen LogP contribution in [-0.4, -0.2) is 18.8 Å². The van der Waals surface area contributed by atoms with E-state index in [4.69, 9.17) is 9.15 Å². The molecule has 0 aliphatic heterocycles. The molecule has 0 fully saturated rings. The fraction of sp³-hybridized carbons (Fsp3) is 0.100. The second-order valence-corrected chi connectivity index (χ2v) is 5.81. The molecule has 30 heavy (non-hydrogen) atoms. The monoisotopic (exact) mass is 424 g/mol. The quantitative estimate of drug-likeness (QED) is 0.146.